The first-order valence-electron chi connectivity index (χ1n) is 11.3. The van der Waals surface area contributed by atoms with Crippen molar-refractivity contribution >= 4 is 17.5 Å². The van der Waals surface area contributed by atoms with Gasteiger partial charge in [-0.25, -0.2) is 0 Å². The number of carbonyl (C=O) groups excluding carboxylic acids is 2. The van der Waals surface area contributed by atoms with Gasteiger partial charge >= 0.3 is 12.1 Å². The Morgan fingerprint density at radius 1 is 1.03 bits per heavy atom. The van der Waals surface area contributed by atoms with E-state index in [0.29, 0.717) is 5.56 Å². The summed E-state index contributed by atoms with van der Waals surface area (Å²) in [6, 6.07) is 10.2. The largest absolute Gasteiger partial charge is 0.416 e. The van der Waals surface area contributed by atoms with Crippen molar-refractivity contribution < 1.29 is 22.8 Å². The Hall–Kier alpha value is -3.53. The van der Waals surface area contributed by atoms with Gasteiger partial charge in [0, 0.05) is 17.6 Å². The normalized spacial score (nSPS) is 17.0. The Labute approximate surface area is 196 Å². The minimum atomic E-state index is -4.61. The van der Waals surface area contributed by atoms with Crippen molar-refractivity contribution in [3.63, 3.8) is 0 Å². The molecule has 0 bridgehead atoms. The summed E-state index contributed by atoms with van der Waals surface area (Å²) < 4.78 is 40.4. The second-order valence-electron chi connectivity index (χ2n) is 8.65. The number of alkyl halides is 3. The SMILES string of the molecule is C#CC(=O)N(c1cccc(C(F)(F)F)c1)C(C(=O)NC1CCCCC1)c1ccccc1C1C=C1. The number of halogens is 3. The van der Waals surface area contributed by atoms with Gasteiger partial charge in [-0.05, 0) is 48.1 Å². The quantitative estimate of drug-likeness (QED) is 0.451. The molecule has 1 atom stereocenters. The highest BCUT2D eigenvalue weighted by molar-refractivity contribution is 6.09. The molecule has 0 radical (unpaired) electrons. The van der Waals surface area contributed by atoms with Gasteiger partial charge in [0.05, 0.1) is 5.56 Å². The van der Waals surface area contributed by atoms with Crippen molar-refractivity contribution in [1.82, 2.24) is 5.32 Å². The van der Waals surface area contributed by atoms with Crippen LogP contribution in [0.15, 0.2) is 60.7 Å². The molecule has 34 heavy (non-hydrogen) atoms. The van der Waals surface area contributed by atoms with Gasteiger partial charge in [-0.15, -0.1) is 6.42 Å². The molecule has 0 heterocycles. The lowest BCUT2D eigenvalue weighted by Gasteiger charge is -2.33. The molecule has 0 aliphatic heterocycles. The van der Waals surface area contributed by atoms with Crippen LogP contribution in [-0.2, 0) is 15.8 Å². The summed E-state index contributed by atoms with van der Waals surface area (Å²) >= 11 is 0. The average molecular weight is 467 g/mol. The highest BCUT2D eigenvalue weighted by Gasteiger charge is 2.38. The molecule has 176 valence electrons. The zero-order valence-corrected chi connectivity index (χ0v) is 18.5. The third-order valence-electron chi connectivity index (χ3n) is 6.29. The van der Waals surface area contributed by atoms with Crippen LogP contribution in [0.3, 0.4) is 0 Å². The Bertz CT molecular complexity index is 1140. The van der Waals surface area contributed by atoms with Crippen LogP contribution in [0.5, 0.6) is 0 Å². The number of anilines is 1. The summed E-state index contributed by atoms with van der Waals surface area (Å²) in [7, 11) is 0. The molecular formula is C27H25F3N2O2. The lowest BCUT2D eigenvalue weighted by atomic mass is 9.92. The van der Waals surface area contributed by atoms with Crippen LogP contribution in [0.1, 0.15) is 60.8 Å². The first-order chi connectivity index (χ1) is 16.3. The van der Waals surface area contributed by atoms with Crippen LogP contribution in [0.4, 0.5) is 18.9 Å². The topological polar surface area (TPSA) is 49.4 Å². The van der Waals surface area contributed by atoms with E-state index < -0.39 is 29.6 Å². The molecule has 4 rings (SSSR count). The maximum Gasteiger partial charge on any atom is 0.416 e. The summed E-state index contributed by atoms with van der Waals surface area (Å²) in [5.41, 5.74) is 0.337. The van der Waals surface area contributed by atoms with Gasteiger partial charge in [-0.2, -0.15) is 13.2 Å². The molecule has 0 saturated heterocycles. The van der Waals surface area contributed by atoms with E-state index in [1.165, 1.54) is 12.1 Å². The van der Waals surface area contributed by atoms with Crippen molar-refractivity contribution in [3.05, 3.63) is 77.4 Å². The van der Waals surface area contributed by atoms with Gasteiger partial charge in [-0.1, -0.05) is 61.7 Å². The number of hydrogen-bond donors (Lipinski definition) is 1. The number of carbonyl (C=O) groups is 2. The summed E-state index contributed by atoms with van der Waals surface area (Å²) in [5, 5.41) is 3.03. The van der Waals surface area contributed by atoms with E-state index in [9.17, 15) is 22.8 Å². The summed E-state index contributed by atoms with van der Waals surface area (Å²) in [4.78, 5) is 27.7. The first-order valence-corrected chi connectivity index (χ1v) is 11.3. The van der Waals surface area contributed by atoms with Crippen LogP contribution < -0.4 is 10.2 Å². The third-order valence-corrected chi connectivity index (χ3v) is 6.29. The van der Waals surface area contributed by atoms with Crippen LogP contribution >= 0.6 is 0 Å². The van der Waals surface area contributed by atoms with E-state index in [0.717, 1.165) is 54.7 Å². The molecule has 2 aromatic rings. The van der Waals surface area contributed by atoms with Crippen LogP contribution in [0, 0.1) is 12.3 Å². The molecular weight excluding hydrogens is 441 g/mol. The number of nitrogens with zero attached hydrogens (tertiary/aromatic N) is 1. The zero-order chi connectivity index (χ0) is 24.3. The zero-order valence-electron chi connectivity index (χ0n) is 18.5. The van der Waals surface area contributed by atoms with Gasteiger partial charge in [0.15, 0.2) is 0 Å². The van der Waals surface area contributed by atoms with E-state index >= 15 is 0 Å². The molecule has 1 saturated carbocycles. The van der Waals surface area contributed by atoms with Gasteiger partial charge in [-0.3, -0.25) is 14.5 Å². The lowest BCUT2D eigenvalue weighted by molar-refractivity contribution is -0.137. The molecule has 2 amide bonds. The summed E-state index contributed by atoms with van der Waals surface area (Å²) in [6.45, 7) is 0. The molecule has 0 aromatic heterocycles. The maximum atomic E-state index is 13.7. The highest BCUT2D eigenvalue weighted by Crippen LogP contribution is 2.39. The van der Waals surface area contributed by atoms with Crippen molar-refractivity contribution in [2.45, 2.75) is 56.3 Å². The number of nitrogens with one attached hydrogen (secondary N) is 1. The van der Waals surface area contributed by atoms with E-state index in [2.05, 4.69) is 5.32 Å². The highest BCUT2D eigenvalue weighted by atomic mass is 19.4. The molecule has 2 aromatic carbocycles. The standard InChI is InChI=1S/C27H25F3N2O2/c1-2-24(33)32(21-12-8-9-19(17-21)27(28,29)30)25(26(34)31-20-10-4-3-5-11-20)23-14-7-6-13-22(23)18-15-16-18/h1,6-9,12-18,20,25H,3-5,10-11H2,(H,31,34). The van der Waals surface area contributed by atoms with Crippen LogP contribution in [0.25, 0.3) is 0 Å². The molecule has 7 heteroatoms. The molecule has 1 N–H and O–H groups in total. The van der Waals surface area contributed by atoms with E-state index in [4.69, 9.17) is 6.42 Å². The van der Waals surface area contributed by atoms with E-state index in [1.807, 2.05) is 30.2 Å². The fraction of sp³-hybridized carbons (Fsp3) is 0.333. The Morgan fingerprint density at radius 3 is 2.38 bits per heavy atom. The molecule has 4 nitrogen and oxygen atoms in total. The summed E-state index contributed by atoms with van der Waals surface area (Å²) in [6.07, 6.45) is 9.42. The van der Waals surface area contributed by atoms with Crippen molar-refractivity contribution in [2.75, 3.05) is 4.90 Å². The second-order valence-corrected chi connectivity index (χ2v) is 8.65. The van der Waals surface area contributed by atoms with Gasteiger partial charge in [0.1, 0.15) is 6.04 Å². The lowest BCUT2D eigenvalue weighted by Crippen LogP contribution is -2.47. The van der Waals surface area contributed by atoms with Crippen molar-refractivity contribution in [2.24, 2.45) is 0 Å². The number of rotatable bonds is 6. The summed E-state index contributed by atoms with van der Waals surface area (Å²) in [5.74, 6) is 0.665. The fourth-order valence-corrected chi connectivity index (χ4v) is 4.54. The molecule has 2 aliphatic rings. The second kappa shape index (κ2) is 9.76. The molecule has 0 spiro atoms. The number of amides is 2. The fourth-order valence-electron chi connectivity index (χ4n) is 4.54. The Kier molecular flexibility index (Phi) is 6.78. The van der Waals surface area contributed by atoms with Gasteiger partial charge in [0.25, 0.3) is 0 Å². The number of hydrogen-bond acceptors (Lipinski definition) is 2. The van der Waals surface area contributed by atoms with Crippen molar-refractivity contribution in [1.29, 1.82) is 0 Å². The molecule has 1 fully saturated rings. The number of benzene rings is 2. The van der Waals surface area contributed by atoms with E-state index in [-0.39, 0.29) is 17.6 Å². The van der Waals surface area contributed by atoms with Gasteiger partial charge < -0.3 is 5.32 Å². The minimum absolute atomic E-state index is 0.00507. The first kappa shape index (κ1) is 23.6. The molecule has 2 aliphatic carbocycles. The third kappa shape index (κ3) is 5.17. The Morgan fingerprint density at radius 2 is 1.74 bits per heavy atom. The van der Waals surface area contributed by atoms with E-state index in [1.54, 1.807) is 12.1 Å². The predicted molar refractivity (Wildman–Crippen MR) is 124 cm³/mol. The number of allylic oxidation sites excluding steroid dienone is 2. The van der Waals surface area contributed by atoms with Crippen LogP contribution in [-0.4, -0.2) is 17.9 Å². The minimum Gasteiger partial charge on any atom is -0.351 e. The maximum absolute atomic E-state index is 13.7. The van der Waals surface area contributed by atoms with Crippen LogP contribution in [0.2, 0.25) is 0 Å². The molecule has 1 unspecified atom stereocenters. The number of terminal acetylenes is 1. The average Bonchev–Trinajstić information content (AvgIpc) is 3.67. The Balaban J connectivity index is 1.82. The smallest absolute Gasteiger partial charge is 0.351 e. The van der Waals surface area contributed by atoms with Gasteiger partial charge in [0.2, 0.25) is 5.91 Å². The predicted octanol–water partition coefficient (Wildman–Crippen LogP) is 5.52. The van der Waals surface area contributed by atoms with Crippen molar-refractivity contribution in [3.8, 4) is 12.3 Å². The monoisotopic (exact) mass is 466 g/mol.